The van der Waals surface area contributed by atoms with Gasteiger partial charge >= 0.3 is 0 Å². The molecule has 92 valence electrons. The maximum absolute atomic E-state index is 5.92. The fraction of sp³-hybridized carbons (Fsp3) is 0.143. The zero-order valence-electron chi connectivity index (χ0n) is 10.1. The van der Waals surface area contributed by atoms with E-state index in [1.807, 2.05) is 31.2 Å². The number of pyridine rings is 1. The number of allylic oxidation sites excluding steroid dienone is 1. The van der Waals surface area contributed by atoms with E-state index < -0.39 is 0 Å². The van der Waals surface area contributed by atoms with Gasteiger partial charge in [0.1, 0.15) is 0 Å². The van der Waals surface area contributed by atoms with Crippen LogP contribution in [0.3, 0.4) is 0 Å². The van der Waals surface area contributed by atoms with Crippen molar-refractivity contribution in [3.63, 3.8) is 0 Å². The smallest absolute Gasteiger partial charge is 0.0703 e. The van der Waals surface area contributed by atoms with Gasteiger partial charge in [-0.25, -0.2) is 0 Å². The van der Waals surface area contributed by atoms with Gasteiger partial charge in [0.25, 0.3) is 0 Å². The van der Waals surface area contributed by atoms with E-state index in [4.69, 9.17) is 17.3 Å². The molecule has 0 amide bonds. The van der Waals surface area contributed by atoms with Gasteiger partial charge in [0.2, 0.25) is 0 Å². The minimum absolute atomic E-state index is 0.619. The van der Waals surface area contributed by atoms with Crippen LogP contribution in [0.15, 0.2) is 47.2 Å². The Morgan fingerprint density at radius 3 is 3.06 bits per heavy atom. The van der Waals surface area contributed by atoms with Crippen molar-refractivity contribution in [2.24, 2.45) is 10.7 Å². The predicted octanol–water partition coefficient (Wildman–Crippen LogP) is 3.32. The first-order valence-electron chi connectivity index (χ1n) is 5.61. The molecule has 0 saturated carbocycles. The Morgan fingerprint density at radius 1 is 1.44 bits per heavy atom. The maximum atomic E-state index is 5.92. The van der Waals surface area contributed by atoms with Gasteiger partial charge in [0.15, 0.2) is 0 Å². The lowest BCUT2D eigenvalue weighted by Gasteiger charge is -2.01. The molecule has 0 unspecified atom stereocenters. The van der Waals surface area contributed by atoms with E-state index in [0.29, 0.717) is 11.6 Å². The number of nitrogens with zero attached hydrogens (tertiary/aromatic N) is 2. The molecule has 0 aliphatic rings. The second kappa shape index (κ2) is 5.65. The topological polar surface area (TPSA) is 51.3 Å². The molecule has 0 aliphatic carbocycles. The van der Waals surface area contributed by atoms with E-state index in [1.165, 1.54) is 6.20 Å². The predicted molar refractivity (Wildman–Crippen MR) is 76.9 cm³/mol. The van der Waals surface area contributed by atoms with Crippen LogP contribution in [0, 0.1) is 0 Å². The molecule has 3 nitrogen and oxygen atoms in total. The largest absolute Gasteiger partial charge is 0.404 e. The van der Waals surface area contributed by atoms with Gasteiger partial charge in [-0.1, -0.05) is 17.7 Å². The third kappa shape index (κ3) is 3.08. The fourth-order valence-electron chi connectivity index (χ4n) is 1.59. The molecule has 0 spiro atoms. The van der Waals surface area contributed by atoms with E-state index in [0.717, 1.165) is 22.0 Å². The van der Waals surface area contributed by atoms with Gasteiger partial charge in [-0.3, -0.25) is 9.98 Å². The minimum Gasteiger partial charge on any atom is -0.404 e. The quantitative estimate of drug-likeness (QED) is 0.860. The highest BCUT2D eigenvalue weighted by Gasteiger charge is 1.98. The SMILES string of the molecule is CC(C=NCc1ccc2ncc(Cl)cc2c1)=CN. The summed E-state index contributed by atoms with van der Waals surface area (Å²) in [5.41, 5.74) is 8.36. The summed E-state index contributed by atoms with van der Waals surface area (Å²) in [4.78, 5) is 8.56. The molecule has 2 rings (SSSR count). The molecule has 0 saturated heterocycles. The summed E-state index contributed by atoms with van der Waals surface area (Å²) in [5, 5.41) is 1.67. The van der Waals surface area contributed by atoms with Crippen LogP contribution in [0.5, 0.6) is 0 Å². The normalized spacial score (nSPS) is 12.4. The highest BCUT2D eigenvalue weighted by molar-refractivity contribution is 6.31. The Balaban J connectivity index is 2.22. The molecule has 4 heteroatoms. The highest BCUT2D eigenvalue weighted by atomic mass is 35.5. The lowest BCUT2D eigenvalue weighted by molar-refractivity contribution is 1.08. The van der Waals surface area contributed by atoms with Crippen molar-refractivity contribution in [1.82, 2.24) is 4.98 Å². The zero-order chi connectivity index (χ0) is 13.0. The van der Waals surface area contributed by atoms with Gasteiger partial charge in [0.05, 0.1) is 17.1 Å². The van der Waals surface area contributed by atoms with E-state index in [-0.39, 0.29) is 0 Å². The molecule has 1 aromatic heterocycles. The van der Waals surface area contributed by atoms with Crippen LogP contribution in [-0.2, 0) is 6.54 Å². The molecule has 0 fully saturated rings. The summed E-state index contributed by atoms with van der Waals surface area (Å²) in [6.07, 6.45) is 4.95. The monoisotopic (exact) mass is 259 g/mol. The first kappa shape index (κ1) is 12.6. The number of hydrogen-bond acceptors (Lipinski definition) is 3. The molecular weight excluding hydrogens is 246 g/mol. The molecule has 1 aromatic carbocycles. The van der Waals surface area contributed by atoms with Crippen molar-refractivity contribution in [2.45, 2.75) is 13.5 Å². The van der Waals surface area contributed by atoms with Crippen molar-refractivity contribution in [3.8, 4) is 0 Å². The fourth-order valence-corrected chi connectivity index (χ4v) is 1.76. The molecule has 0 aliphatic heterocycles. The number of nitrogens with two attached hydrogens (primary N) is 1. The Labute approximate surface area is 111 Å². The van der Waals surface area contributed by atoms with Crippen LogP contribution in [0.4, 0.5) is 0 Å². The minimum atomic E-state index is 0.619. The van der Waals surface area contributed by atoms with Crippen LogP contribution in [0.1, 0.15) is 12.5 Å². The van der Waals surface area contributed by atoms with Gasteiger partial charge in [-0.15, -0.1) is 0 Å². The number of halogens is 1. The van der Waals surface area contributed by atoms with E-state index in [1.54, 1.807) is 12.4 Å². The Morgan fingerprint density at radius 2 is 2.28 bits per heavy atom. The summed E-state index contributed by atoms with van der Waals surface area (Å²) in [7, 11) is 0. The highest BCUT2D eigenvalue weighted by Crippen LogP contribution is 2.18. The number of fused-ring (bicyclic) bond motifs is 1. The molecular formula is C14H14ClN3. The molecule has 0 bridgehead atoms. The van der Waals surface area contributed by atoms with Gasteiger partial charge in [-0.2, -0.15) is 0 Å². The Bertz CT molecular complexity index is 617. The molecule has 0 radical (unpaired) electrons. The average Bonchev–Trinajstić information content (AvgIpc) is 2.38. The van der Waals surface area contributed by atoms with Crippen LogP contribution < -0.4 is 5.73 Å². The number of rotatable bonds is 3. The number of benzene rings is 1. The molecule has 1 heterocycles. The first-order valence-corrected chi connectivity index (χ1v) is 5.99. The van der Waals surface area contributed by atoms with Gasteiger partial charge < -0.3 is 5.73 Å². The number of aliphatic imine (C=N–C) groups is 1. The van der Waals surface area contributed by atoms with Crippen LogP contribution in [0.25, 0.3) is 10.9 Å². The summed E-state index contributed by atoms with van der Waals surface area (Å²) < 4.78 is 0. The van der Waals surface area contributed by atoms with Crippen LogP contribution in [-0.4, -0.2) is 11.2 Å². The van der Waals surface area contributed by atoms with Crippen LogP contribution in [0.2, 0.25) is 5.02 Å². The van der Waals surface area contributed by atoms with Crippen molar-refractivity contribution < 1.29 is 0 Å². The van der Waals surface area contributed by atoms with E-state index >= 15 is 0 Å². The van der Waals surface area contributed by atoms with Crippen molar-refractivity contribution in [3.05, 3.63) is 52.8 Å². The lowest BCUT2D eigenvalue weighted by atomic mass is 10.1. The molecule has 0 atom stereocenters. The number of hydrogen-bond donors (Lipinski definition) is 1. The Kier molecular flexibility index (Phi) is 3.95. The van der Waals surface area contributed by atoms with Crippen molar-refractivity contribution >= 4 is 28.7 Å². The van der Waals surface area contributed by atoms with Crippen molar-refractivity contribution in [1.29, 1.82) is 0 Å². The molecule has 18 heavy (non-hydrogen) atoms. The molecule has 2 N–H and O–H groups in total. The lowest BCUT2D eigenvalue weighted by Crippen LogP contribution is -1.88. The third-order valence-electron chi connectivity index (χ3n) is 2.54. The van der Waals surface area contributed by atoms with E-state index in [2.05, 4.69) is 9.98 Å². The summed E-state index contributed by atoms with van der Waals surface area (Å²) in [6.45, 7) is 2.53. The standard InChI is InChI=1S/C14H14ClN3/c1-10(6-16)7-17-8-11-2-3-14-12(4-11)5-13(15)9-18-14/h2-7,9H,8,16H2,1H3. The first-order chi connectivity index (χ1) is 8.69. The molecule has 2 aromatic rings. The Hall–Kier alpha value is -1.87. The third-order valence-corrected chi connectivity index (χ3v) is 2.75. The summed E-state index contributed by atoms with van der Waals surface area (Å²) in [6, 6.07) is 7.94. The second-order valence-electron chi connectivity index (χ2n) is 4.06. The van der Waals surface area contributed by atoms with Crippen molar-refractivity contribution in [2.75, 3.05) is 0 Å². The summed E-state index contributed by atoms with van der Waals surface area (Å²) in [5.74, 6) is 0. The zero-order valence-corrected chi connectivity index (χ0v) is 10.9. The maximum Gasteiger partial charge on any atom is 0.0703 e. The summed E-state index contributed by atoms with van der Waals surface area (Å²) >= 11 is 5.92. The van der Waals surface area contributed by atoms with E-state index in [9.17, 15) is 0 Å². The van der Waals surface area contributed by atoms with Crippen LogP contribution >= 0.6 is 11.6 Å². The average molecular weight is 260 g/mol. The number of aromatic nitrogens is 1. The van der Waals surface area contributed by atoms with Gasteiger partial charge in [-0.05, 0) is 42.5 Å². The van der Waals surface area contributed by atoms with Gasteiger partial charge in [0, 0.05) is 17.8 Å². The second-order valence-corrected chi connectivity index (χ2v) is 4.50.